The van der Waals surface area contributed by atoms with Crippen LogP contribution in [0, 0.1) is 28.8 Å². The Morgan fingerprint density at radius 2 is 1.83 bits per heavy atom. The number of nitriles is 1. The number of halogens is 3. The van der Waals surface area contributed by atoms with Gasteiger partial charge >= 0.3 is 0 Å². The van der Waals surface area contributed by atoms with E-state index < -0.39 is 17.5 Å². The molecule has 0 aliphatic heterocycles. The monoisotopic (exact) mass is 248 g/mol. The number of hydrogen-bond acceptors (Lipinski definition) is 2. The average molecular weight is 248 g/mol. The van der Waals surface area contributed by atoms with Crippen molar-refractivity contribution in [1.82, 2.24) is 4.98 Å². The predicted octanol–water partition coefficient (Wildman–Crippen LogP) is 3.23. The van der Waals surface area contributed by atoms with Gasteiger partial charge in [0, 0.05) is 5.56 Å². The topological polar surface area (TPSA) is 36.7 Å². The third-order valence-corrected chi connectivity index (χ3v) is 2.39. The van der Waals surface area contributed by atoms with Gasteiger partial charge in [0.25, 0.3) is 0 Å². The highest BCUT2D eigenvalue weighted by molar-refractivity contribution is 5.60. The summed E-state index contributed by atoms with van der Waals surface area (Å²) in [7, 11) is 0. The predicted molar refractivity (Wildman–Crippen MR) is 58.9 cm³/mol. The number of rotatable bonds is 2. The van der Waals surface area contributed by atoms with Crippen LogP contribution in [0.3, 0.4) is 0 Å². The van der Waals surface area contributed by atoms with Crippen molar-refractivity contribution < 1.29 is 13.2 Å². The fourth-order valence-electron chi connectivity index (χ4n) is 1.53. The van der Waals surface area contributed by atoms with Gasteiger partial charge in [-0.1, -0.05) is 6.07 Å². The van der Waals surface area contributed by atoms with Crippen molar-refractivity contribution in [3.8, 4) is 17.3 Å². The highest BCUT2D eigenvalue weighted by Crippen LogP contribution is 2.23. The smallest absolute Gasteiger partial charge is 0.168 e. The summed E-state index contributed by atoms with van der Waals surface area (Å²) in [5.74, 6) is -2.68. The lowest BCUT2D eigenvalue weighted by molar-refractivity contribution is 0.511. The van der Waals surface area contributed by atoms with Crippen molar-refractivity contribution in [2.75, 3.05) is 0 Å². The summed E-state index contributed by atoms with van der Waals surface area (Å²) in [6.45, 7) is 0. The number of pyridine rings is 1. The van der Waals surface area contributed by atoms with Crippen molar-refractivity contribution in [2.45, 2.75) is 6.42 Å². The maximum absolute atomic E-state index is 13.5. The molecule has 0 spiro atoms. The van der Waals surface area contributed by atoms with Gasteiger partial charge in [0.05, 0.1) is 23.9 Å². The van der Waals surface area contributed by atoms with Crippen LogP contribution in [0.15, 0.2) is 30.3 Å². The molecule has 0 N–H and O–H groups in total. The molecular formula is C13H7F3N2. The lowest BCUT2D eigenvalue weighted by Crippen LogP contribution is -1.98. The fourth-order valence-corrected chi connectivity index (χ4v) is 1.53. The number of aromatic nitrogens is 1. The molecule has 18 heavy (non-hydrogen) atoms. The van der Waals surface area contributed by atoms with Gasteiger partial charge in [0.15, 0.2) is 11.6 Å². The first-order valence-corrected chi connectivity index (χ1v) is 5.10. The van der Waals surface area contributed by atoms with Gasteiger partial charge in [-0.2, -0.15) is 5.26 Å². The molecule has 0 amide bonds. The molecule has 90 valence electrons. The second-order valence-electron chi connectivity index (χ2n) is 3.56. The van der Waals surface area contributed by atoms with Crippen molar-refractivity contribution in [2.24, 2.45) is 0 Å². The van der Waals surface area contributed by atoms with E-state index in [1.54, 1.807) is 6.07 Å². The summed E-state index contributed by atoms with van der Waals surface area (Å²) >= 11 is 0. The van der Waals surface area contributed by atoms with Crippen molar-refractivity contribution >= 4 is 0 Å². The van der Waals surface area contributed by atoms with Crippen LogP contribution in [-0.2, 0) is 6.42 Å². The van der Waals surface area contributed by atoms with E-state index in [-0.39, 0.29) is 23.4 Å². The Hall–Kier alpha value is -2.35. The van der Waals surface area contributed by atoms with Crippen LogP contribution in [0.25, 0.3) is 11.3 Å². The van der Waals surface area contributed by atoms with Crippen LogP contribution >= 0.6 is 0 Å². The fraction of sp³-hybridized carbons (Fsp3) is 0.0769. The molecule has 2 nitrogen and oxygen atoms in total. The molecule has 1 aromatic carbocycles. The first kappa shape index (κ1) is 12.1. The molecule has 2 rings (SSSR count). The van der Waals surface area contributed by atoms with E-state index in [0.29, 0.717) is 0 Å². The molecule has 0 atom stereocenters. The molecule has 0 saturated heterocycles. The summed E-state index contributed by atoms with van der Waals surface area (Å²) in [6, 6.07) is 7.75. The van der Waals surface area contributed by atoms with Gasteiger partial charge in [-0.15, -0.1) is 0 Å². The van der Waals surface area contributed by atoms with Crippen LogP contribution in [0.4, 0.5) is 13.2 Å². The summed E-state index contributed by atoms with van der Waals surface area (Å²) < 4.78 is 39.9. The van der Waals surface area contributed by atoms with Gasteiger partial charge in [-0.3, -0.25) is 0 Å². The minimum Gasteiger partial charge on any atom is -0.249 e. The number of nitrogens with zero attached hydrogens (tertiary/aromatic N) is 2. The lowest BCUT2D eigenvalue weighted by atomic mass is 10.1. The molecule has 0 aliphatic carbocycles. The Morgan fingerprint density at radius 3 is 2.56 bits per heavy atom. The molecule has 0 bridgehead atoms. The molecule has 0 fully saturated rings. The Bertz CT molecular complexity index is 633. The second-order valence-corrected chi connectivity index (χ2v) is 3.56. The molecule has 1 heterocycles. The van der Waals surface area contributed by atoms with Crippen molar-refractivity contribution in [3.63, 3.8) is 0 Å². The Kier molecular flexibility index (Phi) is 3.28. The summed E-state index contributed by atoms with van der Waals surface area (Å²) in [5, 5.41) is 8.51. The molecule has 0 aliphatic rings. The lowest BCUT2D eigenvalue weighted by Gasteiger charge is -2.05. The SMILES string of the molecule is N#CCc1nc(-c2cccc(F)c2F)ccc1F. The maximum Gasteiger partial charge on any atom is 0.168 e. The van der Waals surface area contributed by atoms with E-state index in [2.05, 4.69) is 4.98 Å². The van der Waals surface area contributed by atoms with E-state index in [0.717, 1.165) is 12.1 Å². The first-order chi connectivity index (χ1) is 8.63. The molecule has 0 radical (unpaired) electrons. The first-order valence-electron chi connectivity index (χ1n) is 5.10. The van der Waals surface area contributed by atoms with Crippen LogP contribution in [-0.4, -0.2) is 4.98 Å². The maximum atomic E-state index is 13.5. The molecule has 2 aromatic rings. The van der Waals surface area contributed by atoms with Gasteiger partial charge in [0.1, 0.15) is 5.82 Å². The Labute approximate surface area is 101 Å². The van der Waals surface area contributed by atoms with E-state index in [1.807, 2.05) is 0 Å². The minimum absolute atomic E-state index is 0.0609. The third-order valence-electron chi connectivity index (χ3n) is 2.39. The van der Waals surface area contributed by atoms with E-state index >= 15 is 0 Å². The zero-order valence-corrected chi connectivity index (χ0v) is 9.12. The largest absolute Gasteiger partial charge is 0.249 e. The number of benzene rings is 1. The zero-order valence-electron chi connectivity index (χ0n) is 9.12. The highest BCUT2D eigenvalue weighted by atomic mass is 19.2. The Balaban J connectivity index is 2.55. The van der Waals surface area contributed by atoms with Crippen LogP contribution in [0.2, 0.25) is 0 Å². The number of hydrogen-bond donors (Lipinski definition) is 0. The normalized spacial score (nSPS) is 10.1. The molecule has 5 heteroatoms. The van der Waals surface area contributed by atoms with Gasteiger partial charge < -0.3 is 0 Å². The zero-order chi connectivity index (χ0) is 13.1. The molecule has 0 saturated carbocycles. The standard InChI is InChI=1S/C13H7F3N2/c14-9-4-5-11(18-12(9)6-7-17)8-2-1-3-10(15)13(8)16/h1-5H,6H2. The summed E-state index contributed by atoms with van der Waals surface area (Å²) in [6.07, 6.45) is -0.226. The highest BCUT2D eigenvalue weighted by Gasteiger charge is 2.13. The quantitative estimate of drug-likeness (QED) is 0.818. The van der Waals surface area contributed by atoms with E-state index in [1.165, 1.54) is 18.2 Å². The van der Waals surface area contributed by atoms with Gasteiger partial charge in [-0.05, 0) is 24.3 Å². The second kappa shape index (κ2) is 4.88. The van der Waals surface area contributed by atoms with E-state index in [9.17, 15) is 13.2 Å². The van der Waals surface area contributed by atoms with Crippen LogP contribution < -0.4 is 0 Å². The molecule has 0 unspecified atom stereocenters. The minimum atomic E-state index is -1.04. The van der Waals surface area contributed by atoms with Crippen molar-refractivity contribution in [3.05, 3.63) is 53.5 Å². The molecule has 1 aromatic heterocycles. The summed E-state index contributed by atoms with van der Waals surface area (Å²) in [5.41, 5.74) is -0.0495. The van der Waals surface area contributed by atoms with Crippen LogP contribution in [0.1, 0.15) is 5.69 Å². The molecular weight excluding hydrogens is 241 g/mol. The Morgan fingerprint density at radius 1 is 1.06 bits per heavy atom. The average Bonchev–Trinajstić information content (AvgIpc) is 2.36. The third kappa shape index (κ3) is 2.18. The van der Waals surface area contributed by atoms with Crippen molar-refractivity contribution in [1.29, 1.82) is 5.26 Å². The van der Waals surface area contributed by atoms with Crippen LogP contribution in [0.5, 0.6) is 0 Å². The van der Waals surface area contributed by atoms with E-state index in [4.69, 9.17) is 5.26 Å². The van der Waals surface area contributed by atoms with Gasteiger partial charge in [-0.25, -0.2) is 18.2 Å². The van der Waals surface area contributed by atoms with Gasteiger partial charge in [0.2, 0.25) is 0 Å². The summed E-state index contributed by atoms with van der Waals surface area (Å²) in [4.78, 5) is 3.83.